The number of aryl methyl sites for hydroxylation is 6. The van der Waals surface area contributed by atoms with Gasteiger partial charge < -0.3 is 21.5 Å². The van der Waals surface area contributed by atoms with Gasteiger partial charge in [0.25, 0.3) is 11.8 Å². The lowest BCUT2D eigenvalue weighted by atomic mass is 9.97. The number of thiophene rings is 2. The summed E-state index contributed by atoms with van der Waals surface area (Å²) in [5.74, 6) is -0.232. The molecule has 2 aromatic carbocycles. The highest BCUT2D eigenvalue weighted by atomic mass is 35.5. The van der Waals surface area contributed by atoms with Crippen molar-refractivity contribution < 1.29 is 19.5 Å². The minimum absolute atomic E-state index is 0.0864. The average molecular weight is 746 g/mol. The molecule has 12 heteroatoms. The van der Waals surface area contributed by atoms with Crippen LogP contribution < -0.4 is 16.4 Å². The molecule has 3 amide bonds. The molecule has 0 spiro atoms. The van der Waals surface area contributed by atoms with E-state index in [4.69, 9.17) is 28.9 Å². The van der Waals surface area contributed by atoms with Gasteiger partial charge in [0.2, 0.25) is 0 Å². The van der Waals surface area contributed by atoms with Gasteiger partial charge in [-0.25, -0.2) is 4.79 Å². The molecule has 49 heavy (non-hydrogen) atoms. The first kappa shape index (κ1) is 40.0. The van der Waals surface area contributed by atoms with Gasteiger partial charge in [-0.3, -0.25) is 14.5 Å². The minimum atomic E-state index is -0.941. The monoisotopic (exact) mass is 744 g/mol. The van der Waals surface area contributed by atoms with Crippen LogP contribution in [-0.4, -0.2) is 33.5 Å². The molecule has 4 rings (SSSR count). The van der Waals surface area contributed by atoms with Crippen molar-refractivity contribution in [1.29, 1.82) is 0 Å². The van der Waals surface area contributed by atoms with Gasteiger partial charge in [0.15, 0.2) is 0 Å². The number of nitrogens with zero attached hydrogens (tertiary/aromatic N) is 1. The SMILES string of the molecule is Cc1cc(CN(C(=O)O)C(C)(C)C)cc(C)c1CNC(=O)c1cc(Cl)c(C)s1.Cc1cc(CN)cc(C)c1CNC(=O)c1cc(Cl)c(C)s1. The van der Waals surface area contributed by atoms with Crippen LogP contribution in [0.1, 0.15) is 94.4 Å². The van der Waals surface area contributed by atoms with E-state index in [-0.39, 0.29) is 11.8 Å². The van der Waals surface area contributed by atoms with Crippen molar-refractivity contribution in [3.8, 4) is 0 Å². The predicted molar refractivity (Wildman–Crippen MR) is 204 cm³/mol. The minimum Gasteiger partial charge on any atom is -0.465 e. The molecule has 0 aliphatic carbocycles. The van der Waals surface area contributed by atoms with Gasteiger partial charge in [-0.1, -0.05) is 47.5 Å². The van der Waals surface area contributed by atoms with Crippen molar-refractivity contribution in [2.75, 3.05) is 0 Å². The molecule has 0 radical (unpaired) electrons. The number of carbonyl (C=O) groups is 3. The Hall–Kier alpha value is -3.41. The Morgan fingerprint density at radius 1 is 0.714 bits per heavy atom. The van der Waals surface area contributed by atoms with E-state index in [2.05, 4.69) is 22.8 Å². The third-order valence-electron chi connectivity index (χ3n) is 8.14. The number of nitrogens with two attached hydrogens (primary N) is 1. The van der Waals surface area contributed by atoms with E-state index in [0.717, 1.165) is 54.3 Å². The Morgan fingerprint density at radius 2 is 1.08 bits per heavy atom. The van der Waals surface area contributed by atoms with E-state index in [1.54, 1.807) is 12.1 Å². The quantitative estimate of drug-likeness (QED) is 0.136. The summed E-state index contributed by atoms with van der Waals surface area (Å²) in [5, 5.41) is 16.7. The second-order valence-corrected chi connectivity index (χ2v) is 16.4. The average Bonchev–Trinajstić information content (AvgIpc) is 3.53. The Balaban J connectivity index is 0.000000276. The lowest BCUT2D eigenvalue weighted by molar-refractivity contribution is 0.0943. The summed E-state index contributed by atoms with van der Waals surface area (Å²) in [7, 11) is 0. The maximum Gasteiger partial charge on any atom is 0.408 e. The number of amides is 3. The third-order valence-corrected chi connectivity index (χ3v) is 11.2. The normalized spacial score (nSPS) is 11.1. The van der Waals surface area contributed by atoms with Crippen molar-refractivity contribution in [1.82, 2.24) is 15.5 Å². The van der Waals surface area contributed by atoms with Crippen LogP contribution in [0.15, 0.2) is 36.4 Å². The third kappa shape index (κ3) is 10.8. The number of carbonyl (C=O) groups excluding carboxylic acids is 2. The summed E-state index contributed by atoms with van der Waals surface area (Å²) in [6, 6.07) is 11.5. The first-order valence-electron chi connectivity index (χ1n) is 15.8. The van der Waals surface area contributed by atoms with E-state index in [0.29, 0.717) is 46.0 Å². The Bertz CT molecular complexity index is 1760. The summed E-state index contributed by atoms with van der Waals surface area (Å²) in [6.45, 7) is 19.2. The smallest absolute Gasteiger partial charge is 0.408 e. The van der Waals surface area contributed by atoms with E-state index >= 15 is 0 Å². The largest absolute Gasteiger partial charge is 0.465 e. The highest BCUT2D eigenvalue weighted by Gasteiger charge is 2.26. The summed E-state index contributed by atoms with van der Waals surface area (Å²) in [6.07, 6.45) is -0.941. The lowest BCUT2D eigenvalue weighted by Gasteiger charge is -2.33. The van der Waals surface area contributed by atoms with E-state index in [1.807, 2.05) is 74.4 Å². The molecule has 0 atom stereocenters. The topological polar surface area (TPSA) is 125 Å². The van der Waals surface area contributed by atoms with Gasteiger partial charge in [-0.05, 0) is 119 Å². The van der Waals surface area contributed by atoms with Crippen LogP contribution >= 0.6 is 45.9 Å². The van der Waals surface area contributed by atoms with Crippen LogP contribution in [0.25, 0.3) is 0 Å². The highest BCUT2D eigenvalue weighted by molar-refractivity contribution is 7.14. The summed E-state index contributed by atoms with van der Waals surface area (Å²) in [5.41, 5.74) is 13.8. The number of benzene rings is 2. The van der Waals surface area contributed by atoms with Gasteiger partial charge in [0.1, 0.15) is 0 Å². The Kier molecular flexibility index (Phi) is 13.9. The van der Waals surface area contributed by atoms with Crippen LogP contribution in [0.3, 0.4) is 0 Å². The van der Waals surface area contributed by atoms with Gasteiger partial charge in [0, 0.05) is 41.5 Å². The molecule has 264 valence electrons. The highest BCUT2D eigenvalue weighted by Crippen LogP contribution is 2.27. The van der Waals surface area contributed by atoms with Crippen molar-refractivity contribution >= 4 is 63.8 Å². The Labute approximate surface area is 307 Å². The molecule has 2 aromatic heterocycles. The molecule has 0 aliphatic heterocycles. The standard InChI is InChI=1S/C21H27ClN2O3S.C16H19ClN2OS/c1-12-7-15(11-24(20(26)27)21(4,5)6)8-13(2)16(12)10-23-19(25)18-9-17(22)14(3)28-18;1-9-4-12(7-18)5-10(2)13(9)8-19-16(20)15-6-14(17)11(3)21-15/h7-9H,10-11H2,1-6H3,(H,23,25)(H,26,27);4-6H,7-8,18H2,1-3H3,(H,19,20). The Morgan fingerprint density at radius 3 is 1.37 bits per heavy atom. The maximum atomic E-state index is 12.4. The van der Waals surface area contributed by atoms with E-state index < -0.39 is 11.6 Å². The molecule has 0 fully saturated rings. The first-order valence-corrected chi connectivity index (χ1v) is 18.2. The molecule has 0 saturated carbocycles. The lowest BCUT2D eigenvalue weighted by Crippen LogP contribution is -2.44. The fourth-order valence-corrected chi connectivity index (χ4v) is 7.60. The van der Waals surface area contributed by atoms with Gasteiger partial charge in [-0.15, -0.1) is 22.7 Å². The van der Waals surface area contributed by atoms with Gasteiger partial charge in [0.05, 0.1) is 19.8 Å². The number of hydrogen-bond donors (Lipinski definition) is 4. The first-order chi connectivity index (χ1) is 22.8. The zero-order chi connectivity index (χ0) is 36.8. The molecule has 0 aliphatic rings. The molecule has 0 saturated heterocycles. The molecule has 8 nitrogen and oxygen atoms in total. The molecule has 0 unspecified atom stereocenters. The molecule has 5 N–H and O–H groups in total. The summed E-state index contributed by atoms with van der Waals surface area (Å²) >= 11 is 14.8. The number of rotatable bonds is 9. The number of nitrogens with one attached hydrogen (secondary N) is 2. The second-order valence-electron chi connectivity index (χ2n) is 13.1. The van der Waals surface area contributed by atoms with Crippen LogP contribution in [0.5, 0.6) is 0 Å². The van der Waals surface area contributed by atoms with E-state index in [1.165, 1.54) is 27.6 Å². The van der Waals surface area contributed by atoms with Crippen LogP contribution in [-0.2, 0) is 26.2 Å². The van der Waals surface area contributed by atoms with Crippen molar-refractivity contribution in [3.63, 3.8) is 0 Å². The zero-order valence-corrected chi connectivity index (χ0v) is 32.7. The fourth-order valence-electron chi connectivity index (χ4n) is 5.36. The molecule has 0 bridgehead atoms. The number of hydrogen-bond acceptors (Lipinski definition) is 6. The molecular formula is C37H46Cl2N4O4S2. The summed E-state index contributed by atoms with van der Waals surface area (Å²) in [4.78, 5) is 40.7. The van der Waals surface area contributed by atoms with Gasteiger partial charge in [-0.2, -0.15) is 0 Å². The number of carboxylic acid groups (broad SMARTS) is 1. The molecular weight excluding hydrogens is 699 g/mol. The van der Waals surface area contributed by atoms with Crippen molar-refractivity contribution in [2.24, 2.45) is 5.73 Å². The van der Waals surface area contributed by atoms with Crippen LogP contribution in [0.4, 0.5) is 4.79 Å². The number of halogens is 2. The maximum absolute atomic E-state index is 12.4. The predicted octanol–water partition coefficient (Wildman–Crippen LogP) is 9.25. The van der Waals surface area contributed by atoms with Gasteiger partial charge >= 0.3 is 6.09 Å². The second kappa shape index (κ2) is 17.0. The fraction of sp³-hybridized carbons (Fsp3) is 0.378. The summed E-state index contributed by atoms with van der Waals surface area (Å²) < 4.78 is 0. The molecule has 2 heterocycles. The zero-order valence-electron chi connectivity index (χ0n) is 29.6. The van der Waals surface area contributed by atoms with Crippen molar-refractivity contribution in [3.05, 3.63) is 110 Å². The van der Waals surface area contributed by atoms with Crippen LogP contribution in [0.2, 0.25) is 10.0 Å². The van der Waals surface area contributed by atoms with E-state index in [9.17, 15) is 19.5 Å². The van der Waals surface area contributed by atoms with Crippen LogP contribution in [0, 0.1) is 41.5 Å². The molecule has 4 aromatic rings. The van der Waals surface area contributed by atoms with Crippen molar-refractivity contribution in [2.45, 2.75) is 94.0 Å².